The van der Waals surface area contributed by atoms with Crippen molar-refractivity contribution in [1.82, 2.24) is 0 Å². The molecule has 1 atom stereocenters. The van der Waals surface area contributed by atoms with Crippen LogP contribution in [0.3, 0.4) is 0 Å². The number of allylic oxidation sites excluding steroid dienone is 1. The molecule has 0 radical (unpaired) electrons. The Hall–Kier alpha value is -0.110. The van der Waals surface area contributed by atoms with Gasteiger partial charge < -0.3 is 4.74 Å². The topological polar surface area (TPSA) is 9.23 Å². The van der Waals surface area contributed by atoms with Crippen LogP contribution in [0.4, 0.5) is 0 Å². The molecule has 0 aromatic rings. The van der Waals surface area contributed by atoms with Crippen LogP contribution in [0, 0.1) is 5.92 Å². The highest BCUT2D eigenvalue weighted by Gasteiger charge is 2.24. The maximum atomic E-state index is 5.53. The van der Waals surface area contributed by atoms with Crippen LogP contribution < -0.4 is 0 Å². The molecule has 0 amide bonds. The fourth-order valence-electron chi connectivity index (χ4n) is 0.879. The van der Waals surface area contributed by atoms with E-state index >= 15 is 0 Å². The van der Waals surface area contributed by atoms with Crippen molar-refractivity contribution in [3.8, 4) is 0 Å². The molecular weight excluding hydrogens is 156 g/mol. The molecule has 1 heterocycles. The summed E-state index contributed by atoms with van der Waals surface area (Å²) in [6, 6.07) is 0. The normalized spacial score (nSPS) is 20.3. The average molecular weight is 172 g/mol. The highest BCUT2D eigenvalue weighted by molar-refractivity contribution is 8.00. The molecule has 0 aromatic carbocycles. The summed E-state index contributed by atoms with van der Waals surface area (Å²) in [5.74, 6) is 3.34. The smallest absolute Gasteiger partial charge is 0.0994 e. The zero-order valence-electron chi connectivity index (χ0n) is 7.46. The molecule has 0 bridgehead atoms. The van der Waals surface area contributed by atoms with Gasteiger partial charge in [0.2, 0.25) is 0 Å². The summed E-state index contributed by atoms with van der Waals surface area (Å²) in [5, 5.41) is 0. The van der Waals surface area contributed by atoms with Crippen molar-refractivity contribution in [2.24, 2.45) is 5.92 Å². The van der Waals surface area contributed by atoms with E-state index in [2.05, 4.69) is 20.8 Å². The maximum Gasteiger partial charge on any atom is 0.0994 e. The van der Waals surface area contributed by atoms with Gasteiger partial charge in [0, 0.05) is 17.4 Å². The average Bonchev–Trinajstić information content (AvgIpc) is 1.79. The lowest BCUT2D eigenvalue weighted by Crippen LogP contribution is -2.30. The standard InChI is InChI=1S/C9H16OS/c1-7(2)4-10-8(3)9-5-11-6-9/h4,8-9H,5-6H2,1-3H3. The van der Waals surface area contributed by atoms with Gasteiger partial charge in [-0.3, -0.25) is 0 Å². The Morgan fingerprint density at radius 3 is 2.55 bits per heavy atom. The Labute approximate surface area is 73.2 Å². The fraction of sp³-hybridized carbons (Fsp3) is 0.778. The molecule has 1 nitrogen and oxygen atoms in total. The van der Waals surface area contributed by atoms with Crippen LogP contribution in [-0.2, 0) is 4.74 Å². The predicted octanol–water partition coefficient (Wildman–Crippen LogP) is 2.68. The van der Waals surface area contributed by atoms with E-state index in [1.165, 1.54) is 17.1 Å². The van der Waals surface area contributed by atoms with Crippen molar-refractivity contribution in [3.05, 3.63) is 11.8 Å². The second kappa shape index (κ2) is 4.05. The quantitative estimate of drug-likeness (QED) is 0.605. The minimum Gasteiger partial charge on any atom is -0.498 e. The summed E-state index contributed by atoms with van der Waals surface area (Å²) in [5.41, 5.74) is 1.24. The summed E-state index contributed by atoms with van der Waals surface area (Å²) in [6.07, 6.45) is 2.28. The van der Waals surface area contributed by atoms with Crippen LogP contribution in [0.1, 0.15) is 20.8 Å². The SMILES string of the molecule is CC(C)=COC(C)C1CSC1. The summed E-state index contributed by atoms with van der Waals surface area (Å²) in [4.78, 5) is 0. The van der Waals surface area contributed by atoms with E-state index in [-0.39, 0.29) is 0 Å². The van der Waals surface area contributed by atoms with Crippen molar-refractivity contribution in [2.45, 2.75) is 26.9 Å². The Morgan fingerprint density at radius 1 is 1.55 bits per heavy atom. The second-order valence-electron chi connectivity index (χ2n) is 3.33. The van der Waals surface area contributed by atoms with E-state index < -0.39 is 0 Å². The minimum atomic E-state index is 0.408. The fourth-order valence-corrected chi connectivity index (χ4v) is 1.93. The molecule has 1 unspecified atom stereocenters. The van der Waals surface area contributed by atoms with Gasteiger partial charge >= 0.3 is 0 Å². The lowest BCUT2D eigenvalue weighted by atomic mass is 10.1. The molecule has 0 saturated carbocycles. The number of hydrogen-bond acceptors (Lipinski definition) is 2. The first-order chi connectivity index (χ1) is 5.20. The summed E-state index contributed by atoms with van der Waals surface area (Å²) in [7, 11) is 0. The zero-order chi connectivity index (χ0) is 8.27. The molecular formula is C9H16OS. The summed E-state index contributed by atoms with van der Waals surface area (Å²) >= 11 is 2.01. The highest BCUT2D eigenvalue weighted by Crippen LogP contribution is 2.28. The Morgan fingerprint density at radius 2 is 2.18 bits per heavy atom. The predicted molar refractivity (Wildman–Crippen MR) is 50.8 cm³/mol. The molecule has 0 spiro atoms. The van der Waals surface area contributed by atoms with E-state index in [0.29, 0.717) is 6.10 Å². The van der Waals surface area contributed by atoms with Crippen LogP contribution in [-0.4, -0.2) is 17.6 Å². The van der Waals surface area contributed by atoms with E-state index in [9.17, 15) is 0 Å². The molecule has 2 heteroatoms. The number of hydrogen-bond donors (Lipinski definition) is 0. The third kappa shape index (κ3) is 2.78. The molecule has 1 fully saturated rings. The molecule has 0 N–H and O–H groups in total. The first-order valence-corrected chi connectivity index (χ1v) is 5.22. The summed E-state index contributed by atoms with van der Waals surface area (Å²) in [6.45, 7) is 6.27. The number of rotatable bonds is 3. The van der Waals surface area contributed by atoms with Gasteiger partial charge in [0.15, 0.2) is 0 Å². The van der Waals surface area contributed by atoms with Gasteiger partial charge in [-0.25, -0.2) is 0 Å². The lowest BCUT2D eigenvalue weighted by molar-refractivity contribution is 0.116. The Kier molecular flexibility index (Phi) is 3.31. The largest absolute Gasteiger partial charge is 0.498 e. The molecule has 0 aliphatic carbocycles. The molecule has 1 aliphatic rings. The van der Waals surface area contributed by atoms with Gasteiger partial charge in [0.05, 0.1) is 12.4 Å². The van der Waals surface area contributed by atoms with Gasteiger partial charge in [-0.15, -0.1) is 0 Å². The molecule has 0 aromatic heterocycles. The van der Waals surface area contributed by atoms with Gasteiger partial charge in [-0.05, 0) is 26.3 Å². The minimum absolute atomic E-state index is 0.408. The van der Waals surface area contributed by atoms with Crippen LogP contribution in [0.5, 0.6) is 0 Å². The van der Waals surface area contributed by atoms with Crippen LogP contribution in [0.25, 0.3) is 0 Å². The second-order valence-corrected chi connectivity index (χ2v) is 4.41. The van der Waals surface area contributed by atoms with Crippen LogP contribution in [0.2, 0.25) is 0 Å². The van der Waals surface area contributed by atoms with Gasteiger partial charge in [0.1, 0.15) is 0 Å². The Balaban J connectivity index is 2.19. The van der Waals surface area contributed by atoms with Crippen molar-refractivity contribution in [2.75, 3.05) is 11.5 Å². The highest BCUT2D eigenvalue weighted by atomic mass is 32.2. The first kappa shape index (κ1) is 8.98. The van der Waals surface area contributed by atoms with E-state index in [1.807, 2.05) is 18.0 Å². The number of ether oxygens (including phenoxy) is 1. The van der Waals surface area contributed by atoms with E-state index in [4.69, 9.17) is 4.74 Å². The van der Waals surface area contributed by atoms with Gasteiger partial charge in [-0.1, -0.05) is 0 Å². The number of thioether (sulfide) groups is 1. The first-order valence-electron chi connectivity index (χ1n) is 4.06. The van der Waals surface area contributed by atoms with Gasteiger partial charge in [-0.2, -0.15) is 11.8 Å². The van der Waals surface area contributed by atoms with Crippen molar-refractivity contribution in [1.29, 1.82) is 0 Å². The summed E-state index contributed by atoms with van der Waals surface area (Å²) < 4.78 is 5.53. The van der Waals surface area contributed by atoms with E-state index in [0.717, 1.165) is 5.92 Å². The monoisotopic (exact) mass is 172 g/mol. The molecule has 1 rings (SSSR count). The Bertz CT molecular complexity index is 146. The van der Waals surface area contributed by atoms with Gasteiger partial charge in [0.25, 0.3) is 0 Å². The van der Waals surface area contributed by atoms with E-state index in [1.54, 1.807) is 0 Å². The maximum absolute atomic E-state index is 5.53. The third-order valence-electron chi connectivity index (χ3n) is 1.85. The molecule has 1 aliphatic heterocycles. The van der Waals surface area contributed by atoms with Crippen LogP contribution in [0.15, 0.2) is 11.8 Å². The van der Waals surface area contributed by atoms with Crippen molar-refractivity contribution < 1.29 is 4.74 Å². The molecule has 64 valence electrons. The van der Waals surface area contributed by atoms with Crippen LogP contribution >= 0.6 is 11.8 Å². The van der Waals surface area contributed by atoms with Crippen molar-refractivity contribution >= 4 is 11.8 Å². The molecule has 11 heavy (non-hydrogen) atoms. The zero-order valence-corrected chi connectivity index (χ0v) is 8.28. The van der Waals surface area contributed by atoms with Crippen molar-refractivity contribution in [3.63, 3.8) is 0 Å². The molecule has 1 saturated heterocycles. The lowest BCUT2D eigenvalue weighted by Gasteiger charge is -2.30. The third-order valence-corrected chi connectivity index (χ3v) is 3.17.